The highest BCUT2D eigenvalue weighted by Crippen LogP contribution is 2.21. The third-order valence-corrected chi connectivity index (χ3v) is 4.02. The van der Waals surface area contributed by atoms with Gasteiger partial charge in [-0.2, -0.15) is 0 Å². The molecule has 0 aromatic heterocycles. The molecule has 1 amide bonds. The predicted octanol–water partition coefficient (Wildman–Crippen LogP) is 2.89. The van der Waals surface area contributed by atoms with Crippen LogP contribution in [0.1, 0.15) is 28.8 Å². The molecular weight excluding hydrogens is 283 g/mol. The third kappa shape index (κ3) is 3.62. The highest BCUT2D eigenvalue weighted by Gasteiger charge is 2.24. The molecule has 0 bridgehead atoms. The number of hydrogen-bond acceptors (Lipinski definition) is 2. The van der Waals surface area contributed by atoms with Gasteiger partial charge in [0, 0.05) is 29.7 Å². The molecule has 1 heterocycles. The van der Waals surface area contributed by atoms with Gasteiger partial charge in [-0.25, -0.2) is 0 Å². The van der Waals surface area contributed by atoms with E-state index < -0.39 is 0 Å². The fourth-order valence-electron chi connectivity index (χ4n) is 2.41. The van der Waals surface area contributed by atoms with Gasteiger partial charge in [-0.15, -0.1) is 12.4 Å². The van der Waals surface area contributed by atoms with Crippen molar-refractivity contribution in [2.24, 2.45) is 0 Å². The van der Waals surface area contributed by atoms with Crippen LogP contribution in [-0.4, -0.2) is 37.0 Å². The van der Waals surface area contributed by atoms with Gasteiger partial charge in [0.25, 0.3) is 5.91 Å². The SMILES string of the molecule is CNC1CCCN(C(=O)c2cccc(Cl)c2C)C1.Cl. The molecule has 1 saturated heterocycles. The first-order valence-corrected chi connectivity index (χ1v) is 6.73. The average Bonchev–Trinajstić information content (AvgIpc) is 2.41. The number of rotatable bonds is 2. The molecule has 0 spiro atoms. The second kappa shape index (κ2) is 7.13. The molecule has 1 aliphatic heterocycles. The summed E-state index contributed by atoms with van der Waals surface area (Å²) in [7, 11) is 1.95. The number of halogens is 2. The Morgan fingerprint density at radius 1 is 1.47 bits per heavy atom. The van der Waals surface area contributed by atoms with Crippen LogP contribution < -0.4 is 5.32 Å². The molecule has 0 aliphatic carbocycles. The first-order chi connectivity index (χ1) is 8.63. The van der Waals surface area contributed by atoms with Crippen LogP contribution in [0.3, 0.4) is 0 Å². The summed E-state index contributed by atoms with van der Waals surface area (Å²) in [6.45, 7) is 3.51. The summed E-state index contributed by atoms with van der Waals surface area (Å²) in [5.74, 6) is 0.0925. The van der Waals surface area contributed by atoms with Gasteiger partial charge < -0.3 is 10.2 Å². The van der Waals surface area contributed by atoms with E-state index in [2.05, 4.69) is 5.32 Å². The minimum Gasteiger partial charge on any atom is -0.337 e. The van der Waals surface area contributed by atoms with Crippen LogP contribution in [0.4, 0.5) is 0 Å². The second-order valence-electron chi connectivity index (χ2n) is 4.79. The van der Waals surface area contributed by atoms with Crippen molar-refractivity contribution in [2.45, 2.75) is 25.8 Å². The Hall–Kier alpha value is -0.770. The molecule has 1 fully saturated rings. The zero-order chi connectivity index (χ0) is 13.1. The zero-order valence-corrected chi connectivity index (χ0v) is 12.9. The number of carbonyl (C=O) groups excluding carboxylic acids is 1. The Kier molecular flexibility index (Phi) is 6.11. The van der Waals surface area contributed by atoms with Crippen LogP contribution >= 0.6 is 24.0 Å². The lowest BCUT2D eigenvalue weighted by Gasteiger charge is -2.33. The number of nitrogens with zero attached hydrogens (tertiary/aromatic N) is 1. The molecule has 1 N–H and O–H groups in total. The monoisotopic (exact) mass is 302 g/mol. The first kappa shape index (κ1) is 16.3. The van der Waals surface area contributed by atoms with Crippen LogP contribution in [-0.2, 0) is 0 Å². The van der Waals surface area contributed by atoms with E-state index in [4.69, 9.17) is 11.6 Å². The number of benzene rings is 1. The third-order valence-electron chi connectivity index (χ3n) is 3.61. The summed E-state index contributed by atoms with van der Waals surface area (Å²) in [6.07, 6.45) is 2.19. The van der Waals surface area contributed by atoms with Gasteiger partial charge in [-0.3, -0.25) is 4.79 Å². The molecule has 19 heavy (non-hydrogen) atoms. The van der Waals surface area contributed by atoms with Gasteiger partial charge in [0.05, 0.1) is 0 Å². The van der Waals surface area contributed by atoms with Crippen molar-refractivity contribution in [1.29, 1.82) is 0 Å². The van der Waals surface area contributed by atoms with E-state index >= 15 is 0 Å². The van der Waals surface area contributed by atoms with Crippen LogP contribution in [0, 0.1) is 6.92 Å². The van der Waals surface area contributed by atoms with E-state index in [0.29, 0.717) is 11.1 Å². The molecule has 1 unspecified atom stereocenters. The smallest absolute Gasteiger partial charge is 0.254 e. The normalized spacial score (nSPS) is 18.9. The van der Waals surface area contributed by atoms with Crippen molar-refractivity contribution in [3.8, 4) is 0 Å². The maximum Gasteiger partial charge on any atom is 0.254 e. The molecule has 3 nitrogen and oxygen atoms in total. The molecule has 1 aromatic rings. The second-order valence-corrected chi connectivity index (χ2v) is 5.20. The maximum absolute atomic E-state index is 12.5. The van der Waals surface area contributed by atoms with Gasteiger partial charge in [0.15, 0.2) is 0 Å². The number of likely N-dealkylation sites (tertiary alicyclic amines) is 1. The number of nitrogens with one attached hydrogen (secondary N) is 1. The van der Waals surface area contributed by atoms with Gasteiger partial charge in [-0.05, 0) is 44.5 Å². The molecule has 2 rings (SSSR count). The average molecular weight is 303 g/mol. The van der Waals surface area contributed by atoms with E-state index in [1.54, 1.807) is 0 Å². The highest BCUT2D eigenvalue weighted by molar-refractivity contribution is 6.31. The topological polar surface area (TPSA) is 32.3 Å². The molecule has 1 aromatic carbocycles. The lowest BCUT2D eigenvalue weighted by atomic mass is 10.0. The quantitative estimate of drug-likeness (QED) is 0.911. The summed E-state index contributed by atoms with van der Waals surface area (Å²) in [5.41, 5.74) is 1.59. The Bertz CT molecular complexity index is 451. The van der Waals surface area contributed by atoms with E-state index in [1.165, 1.54) is 0 Å². The number of amides is 1. The summed E-state index contributed by atoms with van der Waals surface area (Å²) < 4.78 is 0. The van der Waals surface area contributed by atoms with Crippen LogP contribution in [0.5, 0.6) is 0 Å². The highest BCUT2D eigenvalue weighted by atomic mass is 35.5. The summed E-state index contributed by atoms with van der Waals surface area (Å²) in [5, 5.41) is 3.90. The number of hydrogen-bond donors (Lipinski definition) is 1. The molecule has 0 saturated carbocycles. The van der Waals surface area contributed by atoms with Crippen molar-refractivity contribution in [3.05, 3.63) is 34.3 Å². The van der Waals surface area contributed by atoms with Gasteiger partial charge in [0.2, 0.25) is 0 Å². The van der Waals surface area contributed by atoms with Crippen LogP contribution in [0.15, 0.2) is 18.2 Å². The van der Waals surface area contributed by atoms with Crippen LogP contribution in [0.2, 0.25) is 5.02 Å². The van der Waals surface area contributed by atoms with Crippen molar-refractivity contribution in [2.75, 3.05) is 20.1 Å². The molecule has 0 radical (unpaired) electrons. The van der Waals surface area contributed by atoms with Crippen molar-refractivity contribution in [1.82, 2.24) is 10.2 Å². The maximum atomic E-state index is 12.5. The number of likely N-dealkylation sites (N-methyl/N-ethyl adjacent to an activating group) is 1. The molecule has 5 heteroatoms. The zero-order valence-electron chi connectivity index (χ0n) is 11.3. The molecule has 1 atom stereocenters. The van der Waals surface area contributed by atoms with Crippen molar-refractivity contribution in [3.63, 3.8) is 0 Å². The lowest BCUT2D eigenvalue weighted by Crippen LogP contribution is -2.47. The van der Waals surface area contributed by atoms with Gasteiger partial charge in [0.1, 0.15) is 0 Å². The van der Waals surface area contributed by atoms with E-state index in [-0.39, 0.29) is 18.3 Å². The van der Waals surface area contributed by atoms with E-state index in [0.717, 1.165) is 37.1 Å². The lowest BCUT2D eigenvalue weighted by molar-refractivity contribution is 0.0697. The van der Waals surface area contributed by atoms with Crippen LogP contribution in [0.25, 0.3) is 0 Å². The Balaban J connectivity index is 0.00000180. The van der Waals surface area contributed by atoms with Gasteiger partial charge in [-0.1, -0.05) is 17.7 Å². The summed E-state index contributed by atoms with van der Waals surface area (Å²) >= 11 is 6.07. The minimum absolute atomic E-state index is 0. The fourth-order valence-corrected chi connectivity index (χ4v) is 2.58. The number of piperidine rings is 1. The predicted molar refractivity (Wildman–Crippen MR) is 81.4 cm³/mol. The van der Waals surface area contributed by atoms with Crippen molar-refractivity contribution >= 4 is 29.9 Å². The standard InChI is InChI=1S/C14H19ClN2O.ClH/c1-10-12(6-3-7-13(10)15)14(18)17-8-4-5-11(9-17)16-2;/h3,6-7,11,16H,4-5,8-9H2,1-2H3;1H. The van der Waals surface area contributed by atoms with E-state index in [9.17, 15) is 4.79 Å². The Labute approximate surface area is 125 Å². The van der Waals surface area contributed by atoms with Gasteiger partial charge >= 0.3 is 0 Å². The Morgan fingerprint density at radius 3 is 2.89 bits per heavy atom. The molecular formula is C14H20Cl2N2O. The summed E-state index contributed by atoms with van der Waals surface area (Å²) in [4.78, 5) is 14.4. The summed E-state index contributed by atoms with van der Waals surface area (Å²) in [6, 6.07) is 5.91. The molecule has 1 aliphatic rings. The Morgan fingerprint density at radius 2 is 2.21 bits per heavy atom. The van der Waals surface area contributed by atoms with E-state index in [1.807, 2.05) is 37.1 Å². The fraction of sp³-hybridized carbons (Fsp3) is 0.500. The molecule has 106 valence electrons. The van der Waals surface area contributed by atoms with Crippen molar-refractivity contribution < 1.29 is 4.79 Å². The first-order valence-electron chi connectivity index (χ1n) is 6.35. The minimum atomic E-state index is 0. The largest absolute Gasteiger partial charge is 0.337 e. The number of carbonyl (C=O) groups is 1.